The molecule has 6 aliphatic rings. The van der Waals surface area contributed by atoms with E-state index in [-0.39, 0.29) is 22.8 Å². The molecule has 0 aliphatic heterocycles. The first-order valence-electron chi connectivity index (χ1n) is 16.6. The summed E-state index contributed by atoms with van der Waals surface area (Å²) in [5.74, 6) is -0.176. The van der Waals surface area contributed by atoms with Gasteiger partial charge >= 0.3 is 6.18 Å². The average Bonchev–Trinajstić information content (AvgIpc) is 3.29. The number of thioether (sulfide) groups is 1. The van der Waals surface area contributed by atoms with Crippen LogP contribution in [0.2, 0.25) is 0 Å². The Kier molecular flexibility index (Phi) is 7.31. The summed E-state index contributed by atoms with van der Waals surface area (Å²) in [7, 11) is 0. The van der Waals surface area contributed by atoms with E-state index in [1.54, 1.807) is 0 Å². The van der Waals surface area contributed by atoms with E-state index in [9.17, 15) is 33.4 Å². The van der Waals surface area contributed by atoms with Crippen molar-refractivity contribution in [2.24, 2.45) is 33.5 Å². The molecule has 3 saturated carbocycles. The number of carbonyl (C=O) groups is 1. The minimum Gasteiger partial charge on any atom is -0.393 e. The number of fused-ring (bicyclic) bond motifs is 1. The summed E-state index contributed by atoms with van der Waals surface area (Å²) in [5, 5.41) is 34.0. The van der Waals surface area contributed by atoms with Gasteiger partial charge in [-0.25, -0.2) is 4.98 Å². The van der Waals surface area contributed by atoms with Crippen molar-refractivity contribution in [3.8, 4) is 6.07 Å². The van der Waals surface area contributed by atoms with Crippen molar-refractivity contribution in [1.29, 1.82) is 5.26 Å². The van der Waals surface area contributed by atoms with E-state index >= 15 is 0 Å². The van der Waals surface area contributed by atoms with Gasteiger partial charge in [-0.2, -0.15) is 18.4 Å². The van der Waals surface area contributed by atoms with E-state index in [4.69, 9.17) is 0 Å². The van der Waals surface area contributed by atoms with Crippen LogP contribution in [0.5, 0.6) is 0 Å². The number of benzene rings is 1. The van der Waals surface area contributed by atoms with Gasteiger partial charge in [0.25, 0.3) is 0 Å². The first-order valence-corrected chi connectivity index (χ1v) is 17.6. The monoisotopic (exact) mass is 662 g/mol. The van der Waals surface area contributed by atoms with Gasteiger partial charge < -0.3 is 10.2 Å². The Morgan fingerprint density at radius 1 is 1.06 bits per heavy atom. The maximum absolute atomic E-state index is 14.6. The van der Waals surface area contributed by atoms with Crippen LogP contribution in [0.15, 0.2) is 59.2 Å². The first kappa shape index (κ1) is 32.6. The number of hydrogen-bond acceptors (Lipinski definition) is 6. The number of allylic oxidation sites excluding steroid dienone is 4. The second kappa shape index (κ2) is 10.5. The van der Waals surface area contributed by atoms with Crippen molar-refractivity contribution < 1.29 is 28.2 Å². The molecule has 8 rings (SSSR count). The Morgan fingerprint density at radius 2 is 1.77 bits per heavy atom. The van der Waals surface area contributed by atoms with E-state index in [0.717, 1.165) is 42.7 Å². The van der Waals surface area contributed by atoms with E-state index in [1.807, 2.05) is 26.0 Å². The third-order valence-corrected chi connectivity index (χ3v) is 14.5. The Labute approximate surface area is 278 Å². The fourth-order valence-corrected chi connectivity index (χ4v) is 12.2. The smallest absolute Gasteiger partial charge is 0.393 e. The average molecular weight is 663 g/mol. The molecule has 2 aromatic rings. The van der Waals surface area contributed by atoms with Gasteiger partial charge in [-0.3, -0.25) is 4.79 Å². The Balaban J connectivity index is 1.33. The number of nitrogens with zero attached hydrogens (tertiary/aromatic N) is 2. The van der Waals surface area contributed by atoms with Crippen LogP contribution in [0.4, 0.5) is 13.2 Å². The molecule has 2 N–H and O–H groups in total. The van der Waals surface area contributed by atoms with Crippen LogP contribution >= 0.6 is 11.8 Å². The van der Waals surface area contributed by atoms with Crippen molar-refractivity contribution in [2.75, 3.05) is 5.75 Å². The molecule has 0 radical (unpaired) electrons. The number of pyridine rings is 1. The summed E-state index contributed by atoms with van der Waals surface area (Å²) >= 11 is 1.40. The molecule has 47 heavy (non-hydrogen) atoms. The van der Waals surface area contributed by atoms with Crippen molar-refractivity contribution in [2.45, 2.75) is 95.5 Å². The predicted octanol–water partition coefficient (Wildman–Crippen LogP) is 8.16. The van der Waals surface area contributed by atoms with Gasteiger partial charge in [0.2, 0.25) is 0 Å². The van der Waals surface area contributed by atoms with Gasteiger partial charge in [0, 0.05) is 38.8 Å². The first-order chi connectivity index (χ1) is 22.0. The third kappa shape index (κ3) is 4.43. The maximum Gasteiger partial charge on any atom is 0.416 e. The minimum absolute atomic E-state index is 0.00984. The fourth-order valence-electron chi connectivity index (χ4n) is 10.8. The van der Waals surface area contributed by atoms with E-state index < -0.39 is 45.5 Å². The van der Waals surface area contributed by atoms with Crippen molar-refractivity contribution >= 4 is 17.5 Å². The fraction of sp³-hybridized carbons (Fsp3) is 0.553. The molecule has 8 atom stereocenters. The Hall–Kier alpha value is -2.93. The number of carbonyl (C=O) groups excluding carboxylic acids is 1. The maximum atomic E-state index is 14.6. The molecule has 6 aliphatic carbocycles. The van der Waals surface area contributed by atoms with Gasteiger partial charge in [0.15, 0.2) is 5.78 Å². The lowest BCUT2D eigenvalue weighted by atomic mass is 9.32. The predicted molar refractivity (Wildman–Crippen MR) is 173 cm³/mol. The van der Waals surface area contributed by atoms with Crippen molar-refractivity contribution in [3.63, 3.8) is 0 Å². The van der Waals surface area contributed by atoms with Crippen LogP contribution in [0, 0.1) is 58.7 Å². The lowest BCUT2D eigenvalue weighted by Crippen LogP contribution is -2.67. The van der Waals surface area contributed by atoms with Crippen molar-refractivity contribution in [3.05, 3.63) is 82.1 Å². The summed E-state index contributed by atoms with van der Waals surface area (Å²) in [4.78, 5) is 19.3. The zero-order valence-corrected chi connectivity index (χ0v) is 28.1. The van der Waals surface area contributed by atoms with Gasteiger partial charge in [0.1, 0.15) is 11.1 Å². The second-order valence-corrected chi connectivity index (χ2v) is 16.3. The number of rotatable bonds is 5. The summed E-state index contributed by atoms with van der Waals surface area (Å²) < 4.78 is 41.4. The highest BCUT2D eigenvalue weighted by Crippen LogP contribution is 2.78. The lowest BCUT2D eigenvalue weighted by Gasteiger charge is -2.71. The van der Waals surface area contributed by atoms with Crippen LogP contribution in [0.1, 0.15) is 91.5 Å². The highest BCUT2D eigenvalue weighted by molar-refractivity contribution is 7.99. The molecule has 1 aromatic heterocycles. The number of Topliss-reactive ketones (excluding diaryl/α,β-unsaturated/α-hetero) is 1. The Bertz CT molecular complexity index is 1780. The molecule has 248 valence electrons. The molecule has 2 bridgehead atoms. The van der Waals surface area contributed by atoms with Crippen LogP contribution < -0.4 is 0 Å². The summed E-state index contributed by atoms with van der Waals surface area (Å²) in [6.45, 7) is 8.18. The molecule has 8 unspecified atom stereocenters. The molecule has 9 heteroatoms. The third-order valence-electron chi connectivity index (χ3n) is 13.3. The number of alkyl halides is 3. The molecule has 0 saturated heterocycles. The number of aliphatic hydroxyl groups is 2. The molecule has 1 aromatic carbocycles. The quantitative estimate of drug-likeness (QED) is 0.191. The number of nitriles is 1. The number of aliphatic hydroxyl groups excluding tert-OH is 1. The minimum atomic E-state index is -4.58. The summed E-state index contributed by atoms with van der Waals surface area (Å²) in [6.07, 6.45) is 5.81. The van der Waals surface area contributed by atoms with Crippen LogP contribution in [0.25, 0.3) is 0 Å². The molecule has 2 spiro atoms. The number of aryl methyl sites for hydroxylation is 2. The van der Waals surface area contributed by atoms with Crippen molar-refractivity contribution in [1.82, 2.24) is 4.98 Å². The van der Waals surface area contributed by atoms with Gasteiger partial charge in [-0.05, 0) is 99.8 Å². The molecule has 1 heterocycles. The van der Waals surface area contributed by atoms with Gasteiger partial charge in [-0.1, -0.05) is 44.2 Å². The van der Waals surface area contributed by atoms with Gasteiger partial charge in [0.05, 0.1) is 22.8 Å². The molecule has 5 nitrogen and oxygen atoms in total. The second-order valence-electron chi connectivity index (χ2n) is 15.4. The summed E-state index contributed by atoms with van der Waals surface area (Å²) in [6, 6.07) is 8.86. The largest absolute Gasteiger partial charge is 0.416 e. The topological polar surface area (TPSA) is 94.2 Å². The lowest BCUT2D eigenvalue weighted by molar-refractivity contribution is -0.166. The number of halogens is 3. The Morgan fingerprint density at radius 3 is 2.49 bits per heavy atom. The zero-order valence-electron chi connectivity index (χ0n) is 27.2. The molecular formula is C38H41F3N2O3S. The van der Waals surface area contributed by atoms with Crippen LogP contribution in [-0.2, 0) is 6.18 Å². The SMILES string of the molecule is Cc1cc(C)c(C#N)c(SCC2(O)CCC3C45C=CC6(C=C4C(=O)c4cccc(C(F)(F)F)c4)CC(O)CCC6(C)C5CCC32C)n1. The molecular weight excluding hydrogens is 621 g/mol. The summed E-state index contributed by atoms with van der Waals surface area (Å²) in [5.41, 5.74) is -1.51. The van der Waals surface area contributed by atoms with Crippen LogP contribution in [-0.4, -0.2) is 38.4 Å². The standard InChI is InChI=1S/C38H41F3N2O3S/c1-22-16-23(2)43-32(27(22)20-42)47-21-36(46)13-10-30-34(36,4)12-9-29-33(3)11-8-26(44)18-35(33)14-15-37(29,30)28(19-35)31(45)24-6-5-7-25(17-24)38(39,40)41/h5-7,14-17,19,26,29-30,44,46H,8-13,18,21H2,1-4H3. The number of hydrogen-bond donors (Lipinski definition) is 2. The van der Waals surface area contributed by atoms with E-state index in [0.29, 0.717) is 47.6 Å². The van der Waals surface area contributed by atoms with Gasteiger partial charge in [-0.15, -0.1) is 11.8 Å². The zero-order chi connectivity index (χ0) is 33.8. The normalized spacial score (nSPS) is 38.6. The highest BCUT2D eigenvalue weighted by Gasteiger charge is 2.74. The van der Waals surface area contributed by atoms with E-state index in [1.165, 1.54) is 23.9 Å². The molecule has 0 amide bonds. The molecule has 3 fully saturated rings. The van der Waals surface area contributed by atoms with Crippen LogP contribution in [0.3, 0.4) is 0 Å². The highest BCUT2D eigenvalue weighted by atomic mass is 32.2. The number of ketones is 1. The van der Waals surface area contributed by atoms with E-state index in [2.05, 4.69) is 37.1 Å². The number of aromatic nitrogens is 1.